The first kappa shape index (κ1) is 17.0. The summed E-state index contributed by atoms with van der Waals surface area (Å²) in [4.78, 5) is 14.2. The quantitative estimate of drug-likeness (QED) is 0.849. The Morgan fingerprint density at radius 2 is 2.26 bits per heavy atom. The number of ether oxygens (including phenoxy) is 1. The zero-order chi connectivity index (χ0) is 15.4. The Morgan fingerprint density at radius 1 is 1.43 bits per heavy atom. The van der Waals surface area contributed by atoms with E-state index in [4.69, 9.17) is 10.00 Å². The summed E-state index contributed by atoms with van der Waals surface area (Å²) in [7, 11) is 1.84. The van der Waals surface area contributed by atoms with Crippen molar-refractivity contribution in [1.82, 2.24) is 10.2 Å². The fourth-order valence-electron chi connectivity index (χ4n) is 5.89. The molecule has 5 nitrogen and oxygen atoms in total. The second kappa shape index (κ2) is 5.91. The standard InChI is InChI=1S/C17H25N3O2.ClH/c1-22-16-6-12-5-13(8-16)17(7-12,11-16)19-10-15(21)20-4-2-3-14(20)9-18;/h12-14,19H,2-8,10-11H2,1H3;1H/t12?,13?,14-,16?,17?;/m0./s1. The maximum atomic E-state index is 12.5. The topological polar surface area (TPSA) is 65.4 Å². The minimum atomic E-state index is -0.214. The zero-order valence-electron chi connectivity index (χ0n) is 13.7. The van der Waals surface area contributed by atoms with Gasteiger partial charge in [-0.15, -0.1) is 12.4 Å². The monoisotopic (exact) mass is 339 g/mol. The van der Waals surface area contributed by atoms with Crippen LogP contribution in [0.1, 0.15) is 44.9 Å². The second-order valence-corrected chi connectivity index (χ2v) is 7.86. The molecule has 5 fully saturated rings. The van der Waals surface area contributed by atoms with Crippen LogP contribution in [0.15, 0.2) is 0 Å². The van der Waals surface area contributed by atoms with Gasteiger partial charge in [0, 0.05) is 19.2 Å². The number of nitriles is 1. The fourth-order valence-corrected chi connectivity index (χ4v) is 5.89. The van der Waals surface area contributed by atoms with Gasteiger partial charge in [-0.1, -0.05) is 0 Å². The molecule has 128 valence electrons. The van der Waals surface area contributed by atoms with Crippen molar-refractivity contribution in [2.75, 3.05) is 20.2 Å². The summed E-state index contributed by atoms with van der Waals surface area (Å²) in [6, 6.07) is 2.04. The molecule has 0 aromatic rings. The molecule has 4 unspecified atom stereocenters. The van der Waals surface area contributed by atoms with E-state index in [0.29, 0.717) is 12.5 Å². The van der Waals surface area contributed by atoms with Crippen molar-refractivity contribution >= 4 is 18.3 Å². The predicted octanol–water partition coefficient (Wildman–Crippen LogP) is 1.86. The number of methoxy groups -OCH3 is 1. The third-order valence-electron chi connectivity index (χ3n) is 6.72. The molecule has 0 aromatic carbocycles. The van der Waals surface area contributed by atoms with Gasteiger partial charge in [-0.25, -0.2) is 0 Å². The van der Waals surface area contributed by atoms with E-state index in [2.05, 4.69) is 11.4 Å². The fraction of sp³-hybridized carbons (Fsp3) is 0.882. The molecule has 0 spiro atoms. The Balaban J connectivity index is 0.00000156. The van der Waals surface area contributed by atoms with Crippen LogP contribution in [0, 0.1) is 23.2 Å². The molecule has 5 aliphatic rings. The Kier molecular flexibility index (Phi) is 4.37. The molecule has 6 heteroatoms. The molecule has 4 bridgehead atoms. The molecule has 4 aliphatic carbocycles. The maximum absolute atomic E-state index is 12.5. The molecule has 0 radical (unpaired) electrons. The number of hydrogen-bond donors (Lipinski definition) is 1. The number of rotatable bonds is 4. The SMILES string of the molecule is COC12CC3CC(C1)C(NCC(=O)N1CCC[C@H]1C#N)(C3)C2.Cl. The van der Waals surface area contributed by atoms with E-state index in [1.807, 2.05) is 7.11 Å². The van der Waals surface area contributed by atoms with Crippen LogP contribution in [-0.2, 0) is 9.53 Å². The number of nitrogens with one attached hydrogen (secondary N) is 1. The van der Waals surface area contributed by atoms with Crippen LogP contribution in [0.25, 0.3) is 0 Å². The number of nitrogens with zero attached hydrogens (tertiary/aromatic N) is 2. The molecule has 0 aromatic heterocycles. The van der Waals surface area contributed by atoms with E-state index in [-0.39, 0.29) is 35.5 Å². The van der Waals surface area contributed by atoms with E-state index in [0.717, 1.165) is 38.1 Å². The van der Waals surface area contributed by atoms with Gasteiger partial charge in [0.25, 0.3) is 0 Å². The highest BCUT2D eigenvalue weighted by molar-refractivity contribution is 5.85. The molecule has 4 saturated carbocycles. The normalized spacial score (nSPS) is 43.5. The highest BCUT2D eigenvalue weighted by atomic mass is 35.5. The van der Waals surface area contributed by atoms with Gasteiger partial charge in [0.1, 0.15) is 6.04 Å². The van der Waals surface area contributed by atoms with Crippen molar-refractivity contribution in [3.63, 3.8) is 0 Å². The van der Waals surface area contributed by atoms with Gasteiger partial charge in [-0.2, -0.15) is 5.26 Å². The molecule has 1 aliphatic heterocycles. The lowest BCUT2D eigenvalue weighted by Crippen LogP contribution is -2.53. The van der Waals surface area contributed by atoms with E-state index in [1.165, 1.54) is 19.3 Å². The lowest BCUT2D eigenvalue weighted by Gasteiger charge is -2.40. The summed E-state index contributed by atoms with van der Waals surface area (Å²) in [6.07, 6.45) is 7.64. The third kappa shape index (κ3) is 2.56. The van der Waals surface area contributed by atoms with Crippen molar-refractivity contribution in [3.05, 3.63) is 0 Å². The van der Waals surface area contributed by atoms with Crippen molar-refractivity contribution in [2.45, 2.75) is 62.1 Å². The Hall–Kier alpha value is -0.830. The van der Waals surface area contributed by atoms with Crippen LogP contribution in [-0.4, -0.2) is 48.2 Å². The van der Waals surface area contributed by atoms with Crippen LogP contribution in [0.2, 0.25) is 0 Å². The Morgan fingerprint density at radius 3 is 3.00 bits per heavy atom. The Labute approximate surface area is 144 Å². The first-order valence-electron chi connectivity index (χ1n) is 8.59. The van der Waals surface area contributed by atoms with E-state index >= 15 is 0 Å². The van der Waals surface area contributed by atoms with Crippen LogP contribution < -0.4 is 5.32 Å². The smallest absolute Gasteiger partial charge is 0.237 e. The highest BCUT2D eigenvalue weighted by Crippen LogP contribution is 2.63. The number of halogens is 1. The van der Waals surface area contributed by atoms with Crippen molar-refractivity contribution in [2.24, 2.45) is 11.8 Å². The molecule has 1 amide bonds. The lowest BCUT2D eigenvalue weighted by molar-refractivity contribution is -0.130. The Bertz CT molecular complexity index is 536. The van der Waals surface area contributed by atoms with Gasteiger partial charge >= 0.3 is 0 Å². The van der Waals surface area contributed by atoms with Crippen molar-refractivity contribution < 1.29 is 9.53 Å². The molecule has 1 heterocycles. The molecule has 23 heavy (non-hydrogen) atoms. The summed E-state index contributed by atoms with van der Waals surface area (Å²) in [5.41, 5.74) is 0.168. The number of carbonyl (C=O) groups excluding carboxylic acids is 1. The maximum Gasteiger partial charge on any atom is 0.237 e. The summed E-state index contributed by atoms with van der Waals surface area (Å²) >= 11 is 0. The zero-order valence-corrected chi connectivity index (χ0v) is 14.5. The van der Waals surface area contributed by atoms with Crippen LogP contribution in [0.5, 0.6) is 0 Å². The molecular weight excluding hydrogens is 314 g/mol. The minimum absolute atomic E-state index is 0. The summed E-state index contributed by atoms with van der Waals surface area (Å²) in [5, 5.41) is 12.8. The van der Waals surface area contributed by atoms with Crippen molar-refractivity contribution in [3.8, 4) is 6.07 Å². The van der Waals surface area contributed by atoms with Crippen LogP contribution >= 0.6 is 12.4 Å². The third-order valence-corrected chi connectivity index (χ3v) is 6.72. The first-order chi connectivity index (χ1) is 10.6. The minimum Gasteiger partial charge on any atom is -0.378 e. The largest absolute Gasteiger partial charge is 0.378 e. The average Bonchev–Trinajstić information content (AvgIpc) is 3.14. The average molecular weight is 340 g/mol. The van der Waals surface area contributed by atoms with Crippen molar-refractivity contribution in [1.29, 1.82) is 5.26 Å². The summed E-state index contributed by atoms with van der Waals surface area (Å²) in [5.74, 6) is 1.51. The molecule has 1 saturated heterocycles. The van der Waals surface area contributed by atoms with Gasteiger partial charge in [-0.3, -0.25) is 4.79 Å². The number of likely N-dealkylation sites (tertiary alicyclic amines) is 1. The van der Waals surface area contributed by atoms with Gasteiger partial charge in [0.05, 0.1) is 18.2 Å². The van der Waals surface area contributed by atoms with Gasteiger partial charge in [0.2, 0.25) is 5.91 Å². The summed E-state index contributed by atoms with van der Waals surface area (Å²) in [6.45, 7) is 1.11. The summed E-state index contributed by atoms with van der Waals surface area (Å²) < 4.78 is 5.86. The molecule has 5 atom stereocenters. The predicted molar refractivity (Wildman–Crippen MR) is 88.1 cm³/mol. The number of carbonyl (C=O) groups is 1. The number of amides is 1. The van der Waals surface area contributed by atoms with E-state index in [9.17, 15) is 4.79 Å². The number of hydrogen-bond acceptors (Lipinski definition) is 4. The first-order valence-corrected chi connectivity index (χ1v) is 8.59. The molecule has 5 rings (SSSR count). The van der Waals surface area contributed by atoms with E-state index in [1.54, 1.807) is 4.90 Å². The highest BCUT2D eigenvalue weighted by Gasteiger charge is 2.64. The lowest BCUT2D eigenvalue weighted by atomic mass is 9.77. The second-order valence-electron chi connectivity index (χ2n) is 7.86. The van der Waals surface area contributed by atoms with Crippen LogP contribution in [0.4, 0.5) is 0 Å². The molecule has 1 N–H and O–H groups in total. The molecular formula is C17H26ClN3O2. The van der Waals surface area contributed by atoms with Gasteiger partial charge < -0.3 is 15.0 Å². The van der Waals surface area contributed by atoms with Gasteiger partial charge in [-0.05, 0) is 56.8 Å². The van der Waals surface area contributed by atoms with E-state index < -0.39 is 0 Å². The van der Waals surface area contributed by atoms with Gasteiger partial charge in [0.15, 0.2) is 0 Å². The van der Waals surface area contributed by atoms with Crippen LogP contribution in [0.3, 0.4) is 0 Å².